The van der Waals surface area contributed by atoms with Gasteiger partial charge in [0.25, 0.3) is 0 Å². The van der Waals surface area contributed by atoms with Crippen LogP contribution in [0, 0.1) is 17.8 Å². The van der Waals surface area contributed by atoms with E-state index >= 15 is 0 Å². The molecule has 134 valence electrons. The first-order valence-corrected chi connectivity index (χ1v) is 8.83. The van der Waals surface area contributed by atoms with Crippen molar-refractivity contribution in [1.82, 2.24) is 9.97 Å². The fourth-order valence-electron chi connectivity index (χ4n) is 3.45. The first-order chi connectivity index (χ1) is 12.6. The number of hydrogen-bond acceptors (Lipinski definition) is 5. The topological polar surface area (TPSA) is 72.3 Å². The summed E-state index contributed by atoms with van der Waals surface area (Å²) < 4.78 is 5.26. The summed E-state index contributed by atoms with van der Waals surface area (Å²) in [5.41, 5.74) is 0.525. The van der Waals surface area contributed by atoms with E-state index in [1.54, 1.807) is 12.4 Å². The molecule has 1 aromatic carbocycles. The second kappa shape index (κ2) is 8.11. The Morgan fingerprint density at radius 2 is 2.04 bits per heavy atom. The number of nitrogens with zero attached hydrogens (tertiary/aromatic N) is 2. The molecule has 0 radical (unpaired) electrons. The number of carbonyl (C=O) groups excluding carboxylic acids is 1. The minimum Gasteiger partial charge on any atom is -0.466 e. The number of aliphatic hydroxyl groups is 1. The summed E-state index contributed by atoms with van der Waals surface area (Å²) in [7, 11) is 0. The highest BCUT2D eigenvalue weighted by atomic mass is 16.5. The molecular weight excluding hydrogens is 328 g/mol. The number of hydrogen-bond donors (Lipinski definition) is 1. The van der Waals surface area contributed by atoms with Gasteiger partial charge in [-0.25, -0.2) is 9.97 Å². The molecule has 26 heavy (non-hydrogen) atoms. The van der Waals surface area contributed by atoms with Crippen LogP contribution in [0.4, 0.5) is 0 Å². The number of aromatic nitrogens is 2. The molecule has 1 aliphatic rings. The number of rotatable bonds is 3. The number of esters is 1. The lowest BCUT2D eigenvalue weighted by molar-refractivity contribution is -0.151. The molecule has 1 heterocycles. The maximum Gasteiger partial charge on any atom is 0.309 e. The van der Waals surface area contributed by atoms with Crippen LogP contribution in [0.5, 0.6) is 0 Å². The van der Waals surface area contributed by atoms with Crippen LogP contribution in [0.25, 0.3) is 0 Å². The SMILES string of the molecule is CCOC(=O)[C@@H]1CCC(O)(C#Cc2cncnc2)C[C@H]1c1ccccc1. The van der Waals surface area contributed by atoms with E-state index in [2.05, 4.69) is 21.8 Å². The van der Waals surface area contributed by atoms with Gasteiger partial charge >= 0.3 is 5.97 Å². The minimum atomic E-state index is -1.15. The Labute approximate surface area is 153 Å². The molecule has 1 N–H and O–H groups in total. The average Bonchev–Trinajstić information content (AvgIpc) is 2.68. The van der Waals surface area contributed by atoms with Crippen molar-refractivity contribution in [3.05, 3.63) is 60.2 Å². The van der Waals surface area contributed by atoms with Gasteiger partial charge in [0.15, 0.2) is 0 Å². The summed E-state index contributed by atoms with van der Waals surface area (Å²) in [6, 6.07) is 9.80. The van der Waals surface area contributed by atoms with Gasteiger partial charge in [-0.15, -0.1) is 0 Å². The van der Waals surface area contributed by atoms with Crippen molar-refractivity contribution >= 4 is 5.97 Å². The van der Waals surface area contributed by atoms with Crippen molar-refractivity contribution in [2.75, 3.05) is 6.61 Å². The van der Waals surface area contributed by atoms with Gasteiger partial charge in [0.2, 0.25) is 0 Å². The Balaban J connectivity index is 1.86. The van der Waals surface area contributed by atoms with E-state index in [1.165, 1.54) is 6.33 Å². The first kappa shape index (κ1) is 18.1. The van der Waals surface area contributed by atoms with Crippen LogP contribution in [-0.4, -0.2) is 33.3 Å². The molecule has 3 atom stereocenters. The Bertz CT molecular complexity index is 798. The zero-order valence-electron chi connectivity index (χ0n) is 14.8. The Morgan fingerprint density at radius 1 is 1.31 bits per heavy atom. The van der Waals surface area contributed by atoms with E-state index in [0.717, 1.165) is 5.56 Å². The third-order valence-electron chi connectivity index (χ3n) is 4.73. The summed E-state index contributed by atoms with van der Waals surface area (Å²) in [6.07, 6.45) is 6.02. The third kappa shape index (κ3) is 4.27. The highest BCUT2D eigenvalue weighted by molar-refractivity contribution is 5.74. The lowest BCUT2D eigenvalue weighted by Crippen LogP contribution is -2.40. The average molecular weight is 350 g/mol. The lowest BCUT2D eigenvalue weighted by atomic mass is 9.69. The van der Waals surface area contributed by atoms with Gasteiger partial charge < -0.3 is 9.84 Å². The molecule has 1 saturated carbocycles. The summed E-state index contributed by atoms with van der Waals surface area (Å²) in [6.45, 7) is 2.16. The van der Waals surface area contributed by atoms with E-state index in [9.17, 15) is 9.90 Å². The molecule has 1 unspecified atom stereocenters. The monoisotopic (exact) mass is 350 g/mol. The predicted molar refractivity (Wildman–Crippen MR) is 97.0 cm³/mol. The zero-order chi connectivity index (χ0) is 18.4. The lowest BCUT2D eigenvalue weighted by Gasteiger charge is -2.38. The van der Waals surface area contributed by atoms with Crippen LogP contribution >= 0.6 is 0 Å². The quantitative estimate of drug-likeness (QED) is 0.681. The fraction of sp³-hybridized carbons (Fsp3) is 0.381. The number of carbonyl (C=O) groups is 1. The van der Waals surface area contributed by atoms with Crippen molar-refractivity contribution in [2.45, 2.75) is 37.7 Å². The van der Waals surface area contributed by atoms with Gasteiger partial charge in [-0.3, -0.25) is 4.79 Å². The number of benzene rings is 1. The van der Waals surface area contributed by atoms with Crippen molar-refractivity contribution in [2.24, 2.45) is 5.92 Å². The molecule has 0 bridgehead atoms. The Kier molecular flexibility index (Phi) is 5.65. The predicted octanol–water partition coefficient (Wildman–Crippen LogP) is 2.71. The second-order valence-corrected chi connectivity index (χ2v) is 6.53. The molecule has 1 fully saturated rings. The molecule has 5 nitrogen and oxygen atoms in total. The molecule has 5 heteroatoms. The van der Waals surface area contributed by atoms with E-state index < -0.39 is 5.60 Å². The Hall–Kier alpha value is -2.71. The van der Waals surface area contributed by atoms with Gasteiger partial charge in [0.05, 0.1) is 18.1 Å². The summed E-state index contributed by atoms with van der Waals surface area (Å²) in [4.78, 5) is 20.3. The van der Waals surface area contributed by atoms with Crippen LogP contribution in [0.3, 0.4) is 0 Å². The normalized spacial score (nSPS) is 25.0. The maximum absolute atomic E-state index is 12.4. The second-order valence-electron chi connectivity index (χ2n) is 6.53. The zero-order valence-corrected chi connectivity index (χ0v) is 14.8. The van der Waals surface area contributed by atoms with E-state index in [-0.39, 0.29) is 17.8 Å². The smallest absolute Gasteiger partial charge is 0.309 e. The van der Waals surface area contributed by atoms with Gasteiger partial charge in [-0.05, 0) is 31.7 Å². The third-order valence-corrected chi connectivity index (χ3v) is 4.73. The first-order valence-electron chi connectivity index (χ1n) is 8.83. The molecule has 1 aliphatic carbocycles. The summed E-state index contributed by atoms with van der Waals surface area (Å²) in [5.74, 6) is 5.34. The van der Waals surface area contributed by atoms with Crippen LogP contribution in [-0.2, 0) is 9.53 Å². The molecule has 0 saturated heterocycles. The van der Waals surface area contributed by atoms with Crippen molar-refractivity contribution in [3.63, 3.8) is 0 Å². The standard InChI is InChI=1S/C21H22N2O3/c1-2-26-20(24)18-9-11-21(25,10-8-16-13-22-15-23-14-16)12-19(18)17-6-4-3-5-7-17/h3-7,13-15,18-19,25H,2,9,11-12H2,1H3/t18-,19+,21?/m1/s1. The van der Waals surface area contributed by atoms with Crippen LogP contribution in [0.2, 0.25) is 0 Å². The molecule has 3 rings (SSSR count). The van der Waals surface area contributed by atoms with Gasteiger partial charge in [0.1, 0.15) is 11.9 Å². The van der Waals surface area contributed by atoms with Crippen molar-refractivity contribution in [1.29, 1.82) is 0 Å². The molecule has 1 aromatic heterocycles. The minimum absolute atomic E-state index is 0.129. The number of ether oxygens (including phenoxy) is 1. The molecule has 0 aliphatic heterocycles. The largest absolute Gasteiger partial charge is 0.466 e. The van der Waals surface area contributed by atoms with E-state index in [0.29, 0.717) is 31.4 Å². The maximum atomic E-state index is 12.4. The van der Waals surface area contributed by atoms with Crippen molar-refractivity contribution in [3.8, 4) is 11.8 Å². The van der Waals surface area contributed by atoms with Gasteiger partial charge in [-0.1, -0.05) is 42.2 Å². The molecular formula is C21H22N2O3. The summed E-state index contributed by atoms with van der Waals surface area (Å²) >= 11 is 0. The van der Waals surface area contributed by atoms with Crippen molar-refractivity contribution < 1.29 is 14.6 Å². The fourth-order valence-corrected chi connectivity index (χ4v) is 3.45. The van der Waals surface area contributed by atoms with E-state index in [4.69, 9.17) is 4.74 Å². The van der Waals surface area contributed by atoms with Gasteiger partial charge in [-0.2, -0.15) is 0 Å². The van der Waals surface area contributed by atoms with Crippen LogP contribution in [0.15, 0.2) is 49.1 Å². The van der Waals surface area contributed by atoms with E-state index in [1.807, 2.05) is 37.3 Å². The van der Waals surface area contributed by atoms with Crippen LogP contribution in [0.1, 0.15) is 43.2 Å². The Morgan fingerprint density at radius 3 is 2.73 bits per heavy atom. The highest BCUT2D eigenvalue weighted by Crippen LogP contribution is 2.43. The molecule has 0 spiro atoms. The van der Waals surface area contributed by atoms with Gasteiger partial charge in [0, 0.05) is 18.3 Å². The highest BCUT2D eigenvalue weighted by Gasteiger charge is 2.42. The molecule has 0 amide bonds. The van der Waals surface area contributed by atoms with Crippen LogP contribution < -0.4 is 0 Å². The molecule has 2 aromatic rings. The summed E-state index contributed by atoms with van der Waals surface area (Å²) in [5, 5.41) is 11.0.